The van der Waals surface area contributed by atoms with Crippen LogP contribution in [0.25, 0.3) is 0 Å². The van der Waals surface area contributed by atoms with E-state index in [9.17, 15) is 18.0 Å². The number of benzene rings is 2. The van der Waals surface area contributed by atoms with Crippen LogP contribution in [0.2, 0.25) is 0 Å². The molecule has 1 N–H and O–H groups in total. The van der Waals surface area contributed by atoms with E-state index in [4.69, 9.17) is 0 Å². The number of fused-ring (bicyclic) bond motifs is 1. The van der Waals surface area contributed by atoms with E-state index in [-0.39, 0.29) is 35.6 Å². The number of amides is 2. The molecule has 2 aromatic carbocycles. The van der Waals surface area contributed by atoms with Crippen LogP contribution in [0.5, 0.6) is 0 Å². The van der Waals surface area contributed by atoms with Crippen LogP contribution in [0.15, 0.2) is 58.3 Å². The summed E-state index contributed by atoms with van der Waals surface area (Å²) >= 11 is 1.73. The van der Waals surface area contributed by atoms with E-state index in [1.54, 1.807) is 28.8 Å². The lowest BCUT2D eigenvalue weighted by Crippen LogP contribution is -2.36. The maximum absolute atomic E-state index is 12.6. The SMILES string of the molecule is CC(NC(=O)CCC(=O)N1CCSc2ccccc21)c1ccc(S(C)(=O)=O)cc1. The maximum Gasteiger partial charge on any atom is 0.227 e. The van der Waals surface area contributed by atoms with Crippen molar-refractivity contribution in [2.75, 3.05) is 23.5 Å². The molecule has 0 radical (unpaired) electrons. The fourth-order valence-electron chi connectivity index (χ4n) is 3.18. The van der Waals surface area contributed by atoms with Gasteiger partial charge in [-0.1, -0.05) is 24.3 Å². The third-order valence-corrected chi connectivity index (χ3v) is 6.95. The largest absolute Gasteiger partial charge is 0.350 e. The zero-order valence-corrected chi connectivity index (χ0v) is 18.1. The first-order valence-electron chi connectivity index (χ1n) is 9.37. The molecule has 2 aromatic rings. The first-order valence-corrected chi connectivity index (χ1v) is 12.2. The van der Waals surface area contributed by atoms with Crippen molar-refractivity contribution in [2.24, 2.45) is 0 Å². The van der Waals surface area contributed by atoms with Crippen LogP contribution in [-0.4, -0.2) is 38.8 Å². The molecule has 1 aliphatic heterocycles. The van der Waals surface area contributed by atoms with Gasteiger partial charge in [0.05, 0.1) is 16.6 Å². The third-order valence-electron chi connectivity index (χ3n) is 4.78. The Morgan fingerprint density at radius 1 is 1.10 bits per heavy atom. The van der Waals surface area contributed by atoms with Crippen molar-refractivity contribution in [1.82, 2.24) is 5.32 Å². The summed E-state index contributed by atoms with van der Waals surface area (Å²) < 4.78 is 23.1. The van der Waals surface area contributed by atoms with Crippen LogP contribution in [0.3, 0.4) is 0 Å². The molecule has 0 aromatic heterocycles. The van der Waals surface area contributed by atoms with Crippen LogP contribution in [-0.2, 0) is 19.4 Å². The Morgan fingerprint density at radius 3 is 2.48 bits per heavy atom. The highest BCUT2D eigenvalue weighted by atomic mass is 32.2. The van der Waals surface area contributed by atoms with Crippen LogP contribution < -0.4 is 10.2 Å². The number of anilines is 1. The summed E-state index contributed by atoms with van der Waals surface area (Å²) in [5.41, 5.74) is 1.72. The summed E-state index contributed by atoms with van der Waals surface area (Å²) in [6, 6.07) is 14.0. The van der Waals surface area contributed by atoms with Crippen molar-refractivity contribution in [3.63, 3.8) is 0 Å². The fourth-order valence-corrected chi connectivity index (χ4v) is 4.81. The van der Waals surface area contributed by atoms with Crippen molar-refractivity contribution in [2.45, 2.75) is 35.6 Å². The van der Waals surface area contributed by atoms with Gasteiger partial charge in [0.25, 0.3) is 0 Å². The molecular weight excluding hydrogens is 408 g/mol. The molecule has 1 atom stereocenters. The van der Waals surface area contributed by atoms with Gasteiger partial charge in [-0.25, -0.2) is 8.42 Å². The summed E-state index contributed by atoms with van der Waals surface area (Å²) in [6.07, 6.45) is 1.41. The second kappa shape index (κ2) is 9.00. The quantitative estimate of drug-likeness (QED) is 0.758. The molecule has 1 heterocycles. The number of hydrogen-bond donors (Lipinski definition) is 1. The number of sulfone groups is 1. The van der Waals surface area contributed by atoms with E-state index in [0.29, 0.717) is 6.54 Å². The molecule has 1 aliphatic rings. The number of hydrogen-bond acceptors (Lipinski definition) is 5. The van der Waals surface area contributed by atoms with Crippen LogP contribution in [0, 0.1) is 0 Å². The molecule has 0 aliphatic carbocycles. The molecule has 0 bridgehead atoms. The second-order valence-corrected chi connectivity index (χ2v) is 10.1. The lowest BCUT2D eigenvalue weighted by molar-refractivity contribution is -0.125. The molecule has 0 saturated heterocycles. The van der Waals surface area contributed by atoms with Gasteiger partial charge in [-0.3, -0.25) is 9.59 Å². The van der Waals surface area contributed by atoms with Crippen molar-refractivity contribution < 1.29 is 18.0 Å². The average Bonchev–Trinajstić information content (AvgIpc) is 2.71. The second-order valence-electron chi connectivity index (χ2n) is 6.99. The average molecular weight is 433 g/mol. The van der Waals surface area contributed by atoms with Gasteiger partial charge in [-0.15, -0.1) is 11.8 Å². The van der Waals surface area contributed by atoms with Crippen molar-refractivity contribution in [3.8, 4) is 0 Å². The number of thioether (sulfide) groups is 1. The van der Waals surface area contributed by atoms with Gasteiger partial charge < -0.3 is 10.2 Å². The standard InChI is InChI=1S/C21H24N2O4S2/c1-15(16-7-9-17(10-8-16)29(2,26)27)22-20(24)11-12-21(25)23-13-14-28-19-6-4-3-5-18(19)23/h3-10,15H,11-14H2,1-2H3,(H,22,24). The van der Waals surface area contributed by atoms with E-state index in [0.717, 1.165) is 28.2 Å². The zero-order valence-electron chi connectivity index (χ0n) is 16.4. The Bertz CT molecular complexity index is 1000. The Labute approximate surface area is 175 Å². The molecule has 3 rings (SSSR count). The Balaban J connectivity index is 1.54. The topological polar surface area (TPSA) is 83.6 Å². The van der Waals surface area contributed by atoms with Gasteiger partial charge in [0.1, 0.15) is 0 Å². The Hall–Kier alpha value is -2.32. The van der Waals surface area contributed by atoms with Crippen LogP contribution >= 0.6 is 11.8 Å². The van der Waals surface area contributed by atoms with Gasteiger partial charge in [0, 0.05) is 36.3 Å². The molecule has 29 heavy (non-hydrogen) atoms. The molecule has 8 heteroatoms. The minimum atomic E-state index is -3.25. The number of rotatable bonds is 6. The molecule has 0 spiro atoms. The Kier molecular flexibility index (Phi) is 6.64. The molecule has 0 saturated carbocycles. The van der Waals surface area contributed by atoms with E-state index in [1.165, 1.54) is 12.1 Å². The summed E-state index contributed by atoms with van der Waals surface area (Å²) in [5, 5.41) is 2.87. The van der Waals surface area contributed by atoms with Gasteiger partial charge in [-0.05, 0) is 36.8 Å². The molecule has 2 amide bonds. The first-order chi connectivity index (χ1) is 13.8. The summed E-state index contributed by atoms with van der Waals surface area (Å²) in [7, 11) is -3.25. The van der Waals surface area contributed by atoms with E-state index in [2.05, 4.69) is 5.32 Å². The third kappa shape index (κ3) is 5.39. The molecule has 1 unspecified atom stereocenters. The van der Waals surface area contributed by atoms with Crippen LogP contribution in [0.1, 0.15) is 31.4 Å². The minimum absolute atomic E-state index is 0.0574. The minimum Gasteiger partial charge on any atom is -0.350 e. The lowest BCUT2D eigenvalue weighted by Gasteiger charge is -2.29. The lowest BCUT2D eigenvalue weighted by atomic mass is 10.1. The van der Waals surface area contributed by atoms with Crippen molar-refractivity contribution in [3.05, 3.63) is 54.1 Å². The first kappa shape index (κ1) is 21.4. The number of para-hydroxylation sites is 1. The maximum atomic E-state index is 12.6. The van der Waals surface area contributed by atoms with E-state index >= 15 is 0 Å². The predicted octanol–water partition coefficient (Wildman–Crippen LogP) is 3.19. The van der Waals surface area contributed by atoms with Crippen molar-refractivity contribution in [1.29, 1.82) is 0 Å². The zero-order chi connectivity index (χ0) is 21.0. The smallest absolute Gasteiger partial charge is 0.227 e. The highest BCUT2D eigenvalue weighted by molar-refractivity contribution is 7.99. The summed E-state index contributed by atoms with van der Waals surface area (Å²) in [5.74, 6) is 0.575. The normalized spacial score (nSPS) is 14.8. The fraction of sp³-hybridized carbons (Fsp3) is 0.333. The summed E-state index contributed by atoms with van der Waals surface area (Å²) in [6.45, 7) is 2.47. The van der Waals surface area contributed by atoms with E-state index in [1.807, 2.05) is 31.2 Å². The van der Waals surface area contributed by atoms with Gasteiger partial charge in [-0.2, -0.15) is 0 Å². The molecular formula is C21H24N2O4S2. The van der Waals surface area contributed by atoms with E-state index < -0.39 is 9.84 Å². The summed E-state index contributed by atoms with van der Waals surface area (Å²) in [4.78, 5) is 28.0. The van der Waals surface area contributed by atoms with Gasteiger partial charge in [0.15, 0.2) is 9.84 Å². The Morgan fingerprint density at radius 2 is 1.79 bits per heavy atom. The number of nitrogens with zero attached hydrogens (tertiary/aromatic N) is 1. The molecule has 154 valence electrons. The monoisotopic (exact) mass is 432 g/mol. The highest BCUT2D eigenvalue weighted by Crippen LogP contribution is 2.34. The number of carbonyl (C=O) groups is 2. The number of nitrogens with one attached hydrogen (secondary N) is 1. The molecule has 6 nitrogen and oxygen atoms in total. The van der Waals surface area contributed by atoms with Crippen LogP contribution in [0.4, 0.5) is 5.69 Å². The molecule has 0 fully saturated rings. The van der Waals surface area contributed by atoms with Gasteiger partial charge >= 0.3 is 0 Å². The van der Waals surface area contributed by atoms with Crippen molar-refractivity contribution >= 4 is 39.1 Å². The predicted molar refractivity (Wildman–Crippen MR) is 115 cm³/mol. The van der Waals surface area contributed by atoms with Gasteiger partial charge in [0.2, 0.25) is 11.8 Å². The number of carbonyl (C=O) groups excluding carboxylic acids is 2. The highest BCUT2D eigenvalue weighted by Gasteiger charge is 2.23.